The smallest absolute Gasteiger partial charge is 0.240 e. The Bertz CT molecular complexity index is 1420. The third-order valence-electron chi connectivity index (χ3n) is 6.26. The van der Waals surface area contributed by atoms with E-state index in [0.717, 1.165) is 34.5 Å². The van der Waals surface area contributed by atoms with Crippen LogP contribution in [0.4, 0.5) is 5.82 Å². The first-order valence-corrected chi connectivity index (χ1v) is 14.1. The third kappa shape index (κ3) is 4.45. The maximum atomic E-state index is 13.6. The predicted octanol–water partition coefficient (Wildman–Crippen LogP) is 5.70. The maximum Gasteiger partial charge on any atom is 0.240 e. The fourth-order valence-corrected chi connectivity index (χ4v) is 6.82. The van der Waals surface area contributed by atoms with Crippen LogP contribution in [0.3, 0.4) is 0 Å². The van der Waals surface area contributed by atoms with Crippen molar-refractivity contribution in [3.63, 3.8) is 0 Å². The Morgan fingerprint density at radius 2 is 1.83 bits per heavy atom. The predicted molar refractivity (Wildman–Crippen MR) is 146 cm³/mol. The molecule has 1 aliphatic heterocycles. The van der Waals surface area contributed by atoms with Crippen LogP contribution in [-0.4, -0.2) is 39.9 Å². The van der Waals surface area contributed by atoms with Crippen LogP contribution < -0.4 is 10.2 Å². The lowest BCUT2D eigenvalue weighted by molar-refractivity contribution is -0.123. The summed E-state index contributed by atoms with van der Waals surface area (Å²) in [6.45, 7) is -0.0651. The zero-order valence-corrected chi connectivity index (χ0v) is 21.7. The summed E-state index contributed by atoms with van der Waals surface area (Å²) >= 11 is 9.88. The topological polar surface area (TPSA) is 67.2 Å². The van der Waals surface area contributed by atoms with Gasteiger partial charge >= 0.3 is 0 Å². The molecule has 1 saturated carbocycles. The van der Waals surface area contributed by atoms with E-state index >= 15 is 0 Å². The monoisotopic (exact) mass is 534 g/mol. The average Bonchev–Trinajstić information content (AvgIpc) is 3.41. The number of thiophene rings is 1. The van der Waals surface area contributed by atoms with Crippen LogP contribution in [0.1, 0.15) is 28.5 Å². The highest BCUT2D eigenvalue weighted by atomic mass is 35.5. The standard InChI is InChI=1S/C27H23ClN4O2S2/c28-19-9-4-5-10-20(19)32-27-24(25(30-32)17-7-2-1-3-8-17)26(21-11-6-14-35-21)36-16-23(34)31(27)15-22(33)29-18-12-13-18/h1-11,14,18,26H,12-13,15-16H2,(H,29,33)/t26-/m0/s1. The van der Waals surface area contributed by atoms with Crippen molar-refractivity contribution in [2.45, 2.75) is 24.1 Å². The Morgan fingerprint density at radius 3 is 2.56 bits per heavy atom. The number of para-hydroxylation sites is 1. The van der Waals surface area contributed by atoms with E-state index in [9.17, 15) is 9.59 Å². The molecule has 0 bridgehead atoms. The maximum absolute atomic E-state index is 13.6. The molecule has 36 heavy (non-hydrogen) atoms. The first-order chi connectivity index (χ1) is 17.6. The normalized spacial score (nSPS) is 17.5. The Balaban J connectivity index is 1.61. The molecule has 4 aromatic rings. The molecule has 0 spiro atoms. The molecule has 1 atom stereocenters. The van der Waals surface area contributed by atoms with Crippen molar-refractivity contribution in [2.75, 3.05) is 17.2 Å². The van der Waals surface area contributed by atoms with Crippen molar-refractivity contribution in [2.24, 2.45) is 0 Å². The van der Waals surface area contributed by atoms with Gasteiger partial charge in [0, 0.05) is 22.0 Å². The molecule has 6 nitrogen and oxygen atoms in total. The molecule has 1 N–H and O–H groups in total. The van der Waals surface area contributed by atoms with Gasteiger partial charge in [0.1, 0.15) is 12.4 Å². The number of nitrogens with zero attached hydrogens (tertiary/aromatic N) is 3. The average molecular weight is 535 g/mol. The second kappa shape index (κ2) is 9.76. The summed E-state index contributed by atoms with van der Waals surface area (Å²) in [6.07, 6.45) is 1.97. The molecule has 0 saturated heterocycles. The van der Waals surface area contributed by atoms with E-state index in [1.807, 2.05) is 60.0 Å². The van der Waals surface area contributed by atoms with E-state index in [-0.39, 0.29) is 35.4 Å². The number of fused-ring (bicyclic) bond motifs is 1. The van der Waals surface area contributed by atoms with E-state index < -0.39 is 0 Å². The van der Waals surface area contributed by atoms with Crippen LogP contribution in [0.15, 0.2) is 72.1 Å². The lowest BCUT2D eigenvalue weighted by Gasteiger charge is -2.23. The van der Waals surface area contributed by atoms with Gasteiger partial charge in [0.05, 0.1) is 27.4 Å². The molecule has 0 radical (unpaired) electrons. The number of aromatic nitrogens is 2. The first-order valence-electron chi connectivity index (χ1n) is 11.8. The molecule has 2 aliphatic rings. The molecule has 2 amide bonds. The van der Waals surface area contributed by atoms with Crippen LogP contribution in [0.5, 0.6) is 0 Å². The summed E-state index contributed by atoms with van der Waals surface area (Å²) in [6, 6.07) is 21.7. The van der Waals surface area contributed by atoms with Crippen molar-refractivity contribution in [1.82, 2.24) is 15.1 Å². The number of hydrogen-bond acceptors (Lipinski definition) is 5. The highest BCUT2D eigenvalue weighted by molar-refractivity contribution is 8.00. The fraction of sp³-hybridized carbons (Fsp3) is 0.222. The number of thioether (sulfide) groups is 1. The number of amides is 2. The van der Waals surface area contributed by atoms with E-state index in [4.69, 9.17) is 16.7 Å². The summed E-state index contributed by atoms with van der Waals surface area (Å²) in [4.78, 5) is 29.3. The van der Waals surface area contributed by atoms with E-state index in [2.05, 4.69) is 11.4 Å². The number of carbonyl (C=O) groups is 2. The first kappa shape index (κ1) is 23.3. The lowest BCUT2D eigenvalue weighted by atomic mass is 10.0. The second-order valence-corrected chi connectivity index (χ2v) is 11.3. The van der Waals surface area contributed by atoms with Gasteiger partial charge in [-0.2, -0.15) is 5.10 Å². The van der Waals surface area contributed by atoms with Crippen LogP contribution in [0.2, 0.25) is 5.02 Å². The Morgan fingerprint density at radius 1 is 1.06 bits per heavy atom. The van der Waals surface area contributed by atoms with Crippen LogP contribution in [0.25, 0.3) is 16.9 Å². The van der Waals surface area contributed by atoms with Gasteiger partial charge in [-0.15, -0.1) is 23.1 Å². The highest BCUT2D eigenvalue weighted by Crippen LogP contribution is 2.49. The quantitative estimate of drug-likeness (QED) is 0.344. The van der Waals surface area contributed by atoms with Gasteiger partial charge in [-0.1, -0.05) is 60.1 Å². The third-order valence-corrected chi connectivity index (χ3v) is 8.91. The minimum Gasteiger partial charge on any atom is -0.352 e. The second-order valence-electron chi connectivity index (χ2n) is 8.84. The largest absolute Gasteiger partial charge is 0.352 e. The number of nitrogens with one attached hydrogen (secondary N) is 1. The van der Waals surface area contributed by atoms with Gasteiger partial charge in [-0.05, 0) is 36.4 Å². The van der Waals surface area contributed by atoms with Gasteiger partial charge in [-0.25, -0.2) is 4.68 Å². The number of rotatable bonds is 6. The summed E-state index contributed by atoms with van der Waals surface area (Å²) in [7, 11) is 0. The van der Waals surface area contributed by atoms with Gasteiger partial charge < -0.3 is 5.32 Å². The minimum absolute atomic E-state index is 0.0651. The number of anilines is 1. The Kier molecular flexibility index (Phi) is 6.33. The Hall–Kier alpha value is -3.07. The van der Waals surface area contributed by atoms with E-state index in [1.165, 1.54) is 0 Å². The Labute approximate surface area is 222 Å². The summed E-state index contributed by atoms with van der Waals surface area (Å²) < 4.78 is 1.74. The van der Waals surface area contributed by atoms with Crippen molar-refractivity contribution in [1.29, 1.82) is 0 Å². The zero-order valence-electron chi connectivity index (χ0n) is 19.3. The number of hydrogen-bond donors (Lipinski definition) is 1. The molecule has 182 valence electrons. The molecular weight excluding hydrogens is 512 g/mol. The molecule has 2 aromatic carbocycles. The van der Waals surface area contributed by atoms with E-state index in [1.54, 1.807) is 38.7 Å². The molecule has 6 rings (SSSR count). The van der Waals surface area contributed by atoms with Crippen LogP contribution in [-0.2, 0) is 9.59 Å². The zero-order chi connectivity index (χ0) is 24.6. The van der Waals surface area contributed by atoms with Crippen molar-refractivity contribution < 1.29 is 9.59 Å². The number of halogens is 1. The molecule has 1 fully saturated rings. The molecular formula is C27H23ClN4O2S2. The molecule has 2 aromatic heterocycles. The number of benzene rings is 2. The lowest BCUT2D eigenvalue weighted by Crippen LogP contribution is -2.43. The molecule has 0 unspecified atom stereocenters. The van der Waals surface area contributed by atoms with Gasteiger partial charge in [0.2, 0.25) is 11.8 Å². The summed E-state index contributed by atoms with van der Waals surface area (Å²) in [5.74, 6) is 0.565. The van der Waals surface area contributed by atoms with E-state index in [0.29, 0.717) is 16.5 Å². The molecule has 9 heteroatoms. The summed E-state index contributed by atoms with van der Waals surface area (Å²) in [5.41, 5.74) is 3.30. The van der Waals surface area contributed by atoms with Gasteiger partial charge in [-0.3, -0.25) is 14.5 Å². The highest BCUT2D eigenvalue weighted by Gasteiger charge is 2.38. The number of carbonyl (C=O) groups excluding carboxylic acids is 2. The molecule has 1 aliphatic carbocycles. The molecule has 3 heterocycles. The fourth-order valence-electron chi connectivity index (χ4n) is 4.43. The van der Waals surface area contributed by atoms with Gasteiger partial charge in [0.15, 0.2) is 0 Å². The van der Waals surface area contributed by atoms with Crippen LogP contribution >= 0.6 is 34.7 Å². The minimum atomic E-state index is -0.162. The van der Waals surface area contributed by atoms with Crippen molar-refractivity contribution in [3.05, 3.63) is 87.6 Å². The van der Waals surface area contributed by atoms with Crippen molar-refractivity contribution >= 4 is 52.3 Å². The van der Waals surface area contributed by atoms with Crippen molar-refractivity contribution in [3.8, 4) is 16.9 Å². The summed E-state index contributed by atoms with van der Waals surface area (Å²) in [5, 5.41) is 10.5. The van der Waals surface area contributed by atoms with Gasteiger partial charge in [0.25, 0.3) is 0 Å². The van der Waals surface area contributed by atoms with Crippen LogP contribution in [0, 0.1) is 0 Å². The SMILES string of the molecule is O=C(CN1C(=O)CS[C@@H](c2cccs2)c2c(-c3ccccc3)nn(-c3ccccc3Cl)c21)NC1CC1.